The van der Waals surface area contributed by atoms with Crippen molar-refractivity contribution in [2.45, 2.75) is 45.1 Å². The molecule has 0 radical (unpaired) electrons. The van der Waals surface area contributed by atoms with Gasteiger partial charge in [0.25, 0.3) is 0 Å². The van der Waals surface area contributed by atoms with Crippen molar-refractivity contribution in [1.82, 2.24) is 0 Å². The van der Waals surface area contributed by atoms with E-state index in [1.54, 1.807) is 0 Å². The lowest BCUT2D eigenvalue weighted by atomic mass is 9.85. The second-order valence-electron chi connectivity index (χ2n) is 5.05. The topological polar surface area (TPSA) is 52.4 Å². The number of nitro groups is 1. The number of ether oxygens (including phenoxy) is 1. The molecule has 1 aliphatic carbocycles. The fourth-order valence-corrected chi connectivity index (χ4v) is 2.62. The Balaban J connectivity index is 2.03. The van der Waals surface area contributed by atoms with Gasteiger partial charge in [-0.15, -0.1) is 0 Å². The molecule has 1 aromatic carbocycles. The Morgan fingerprint density at radius 2 is 2.26 bits per heavy atom. The maximum atomic E-state index is 13.5. The van der Waals surface area contributed by atoms with E-state index in [4.69, 9.17) is 4.74 Å². The van der Waals surface area contributed by atoms with Crippen LogP contribution in [0.4, 0.5) is 10.1 Å². The van der Waals surface area contributed by atoms with Crippen molar-refractivity contribution in [3.05, 3.63) is 34.1 Å². The Bertz CT molecular complexity index is 464. The minimum atomic E-state index is -0.842. The average Bonchev–Trinajstić information content (AvgIpc) is 2.38. The molecule has 0 aliphatic heterocycles. The van der Waals surface area contributed by atoms with Gasteiger partial charge in [0.05, 0.1) is 11.0 Å². The highest BCUT2D eigenvalue weighted by molar-refractivity contribution is 5.38. The van der Waals surface area contributed by atoms with Crippen LogP contribution >= 0.6 is 0 Å². The molecule has 2 rings (SSSR count). The van der Waals surface area contributed by atoms with E-state index < -0.39 is 16.4 Å². The highest BCUT2D eigenvalue weighted by Gasteiger charge is 2.23. The quantitative estimate of drug-likeness (QED) is 0.610. The van der Waals surface area contributed by atoms with Crippen molar-refractivity contribution in [3.8, 4) is 5.75 Å². The highest BCUT2D eigenvalue weighted by Crippen LogP contribution is 2.30. The summed E-state index contributed by atoms with van der Waals surface area (Å²) < 4.78 is 19.2. The largest absolute Gasteiger partial charge is 0.490 e. The second kappa shape index (κ2) is 5.99. The molecule has 0 saturated heterocycles. The molecule has 1 aliphatic rings. The van der Waals surface area contributed by atoms with Crippen LogP contribution in [0.25, 0.3) is 0 Å². The summed E-state index contributed by atoms with van der Waals surface area (Å²) in [4.78, 5) is 9.80. The van der Waals surface area contributed by atoms with Crippen molar-refractivity contribution in [2.75, 3.05) is 0 Å². The third kappa shape index (κ3) is 3.43. The molecule has 0 aromatic heterocycles. The van der Waals surface area contributed by atoms with Crippen molar-refractivity contribution >= 4 is 5.69 Å². The Hall–Kier alpha value is -1.65. The van der Waals surface area contributed by atoms with E-state index in [1.165, 1.54) is 12.5 Å². The summed E-state index contributed by atoms with van der Waals surface area (Å²) >= 11 is 0. The van der Waals surface area contributed by atoms with Crippen LogP contribution in [-0.4, -0.2) is 11.0 Å². The van der Waals surface area contributed by atoms with E-state index >= 15 is 0 Å². The van der Waals surface area contributed by atoms with Gasteiger partial charge in [-0.1, -0.05) is 19.8 Å². The predicted octanol–water partition coefficient (Wildman–Crippen LogP) is 4.08. The van der Waals surface area contributed by atoms with Gasteiger partial charge in [-0.25, -0.2) is 0 Å². The first-order chi connectivity index (χ1) is 9.10. The summed E-state index contributed by atoms with van der Waals surface area (Å²) in [7, 11) is 0. The standard InChI is InChI=1S/C14H18FNO3/c1-2-10-4-3-5-11(8-10)19-12-6-7-14(16(17)18)13(15)9-12/h6-7,9-11H,2-5,8H2,1H3. The molecule has 2 atom stereocenters. The van der Waals surface area contributed by atoms with E-state index in [0.717, 1.165) is 37.8 Å². The maximum Gasteiger partial charge on any atom is 0.305 e. The van der Waals surface area contributed by atoms with Crippen molar-refractivity contribution in [3.63, 3.8) is 0 Å². The van der Waals surface area contributed by atoms with Crippen molar-refractivity contribution in [1.29, 1.82) is 0 Å². The Morgan fingerprint density at radius 1 is 1.47 bits per heavy atom. The number of hydrogen-bond acceptors (Lipinski definition) is 3. The Morgan fingerprint density at radius 3 is 2.89 bits per heavy atom. The van der Waals surface area contributed by atoms with Gasteiger partial charge in [0.2, 0.25) is 5.82 Å². The molecular formula is C14H18FNO3. The maximum absolute atomic E-state index is 13.5. The third-order valence-electron chi connectivity index (χ3n) is 3.73. The monoisotopic (exact) mass is 267 g/mol. The third-order valence-corrected chi connectivity index (χ3v) is 3.73. The fourth-order valence-electron chi connectivity index (χ4n) is 2.62. The molecule has 4 nitrogen and oxygen atoms in total. The summed E-state index contributed by atoms with van der Waals surface area (Å²) in [6.07, 6.45) is 5.53. The SMILES string of the molecule is CCC1CCCC(Oc2ccc([N+](=O)[O-])c(F)c2)C1. The van der Waals surface area contributed by atoms with Crippen LogP contribution in [0.3, 0.4) is 0 Å². The zero-order chi connectivity index (χ0) is 13.8. The normalized spacial score (nSPS) is 23.1. The number of nitro benzene ring substituents is 1. The van der Waals surface area contributed by atoms with Crippen LogP contribution in [0.5, 0.6) is 5.75 Å². The number of hydrogen-bond donors (Lipinski definition) is 0. The molecule has 0 spiro atoms. The van der Waals surface area contributed by atoms with Gasteiger partial charge >= 0.3 is 5.69 Å². The van der Waals surface area contributed by atoms with Crippen LogP contribution in [0, 0.1) is 21.8 Å². The summed E-state index contributed by atoms with van der Waals surface area (Å²) in [5.41, 5.74) is -0.512. The zero-order valence-corrected chi connectivity index (χ0v) is 11.0. The van der Waals surface area contributed by atoms with Crippen molar-refractivity contribution in [2.24, 2.45) is 5.92 Å². The summed E-state index contributed by atoms with van der Waals surface area (Å²) in [5.74, 6) is 0.205. The number of halogens is 1. The molecule has 19 heavy (non-hydrogen) atoms. The van der Waals surface area contributed by atoms with Gasteiger partial charge in [0, 0.05) is 12.1 Å². The zero-order valence-electron chi connectivity index (χ0n) is 11.0. The number of nitrogens with zero attached hydrogens (tertiary/aromatic N) is 1. The molecule has 1 fully saturated rings. The van der Waals surface area contributed by atoms with Gasteiger partial charge < -0.3 is 4.74 Å². The average molecular weight is 267 g/mol. The lowest BCUT2D eigenvalue weighted by molar-refractivity contribution is -0.387. The number of benzene rings is 1. The Labute approximate surface area is 111 Å². The minimum Gasteiger partial charge on any atom is -0.490 e. The first-order valence-electron chi connectivity index (χ1n) is 6.70. The summed E-state index contributed by atoms with van der Waals surface area (Å²) in [6.45, 7) is 2.17. The predicted molar refractivity (Wildman–Crippen MR) is 69.7 cm³/mol. The highest BCUT2D eigenvalue weighted by atomic mass is 19.1. The lowest BCUT2D eigenvalue weighted by Gasteiger charge is -2.28. The van der Waals surface area contributed by atoms with Crippen molar-refractivity contribution < 1.29 is 14.1 Å². The molecule has 1 aromatic rings. The summed E-state index contributed by atoms with van der Waals surface area (Å²) in [6, 6.07) is 3.73. The van der Waals surface area contributed by atoms with E-state index in [0.29, 0.717) is 11.7 Å². The van der Waals surface area contributed by atoms with Gasteiger partial charge in [-0.3, -0.25) is 10.1 Å². The van der Waals surface area contributed by atoms with Gasteiger partial charge in [-0.2, -0.15) is 4.39 Å². The van der Waals surface area contributed by atoms with Crippen LogP contribution in [0.15, 0.2) is 18.2 Å². The van der Waals surface area contributed by atoms with Crippen LogP contribution in [0.1, 0.15) is 39.0 Å². The molecule has 2 unspecified atom stereocenters. The number of rotatable bonds is 4. The van der Waals surface area contributed by atoms with Crippen LogP contribution in [0.2, 0.25) is 0 Å². The van der Waals surface area contributed by atoms with E-state index in [2.05, 4.69) is 6.92 Å². The molecule has 104 valence electrons. The van der Waals surface area contributed by atoms with Gasteiger partial charge in [-0.05, 0) is 31.2 Å². The second-order valence-corrected chi connectivity index (χ2v) is 5.05. The van der Waals surface area contributed by atoms with Gasteiger partial charge in [0.15, 0.2) is 0 Å². The minimum absolute atomic E-state index is 0.0968. The van der Waals surface area contributed by atoms with Crippen LogP contribution in [-0.2, 0) is 0 Å². The molecule has 5 heteroatoms. The molecule has 1 saturated carbocycles. The van der Waals surface area contributed by atoms with E-state index in [1.807, 2.05) is 0 Å². The summed E-state index contributed by atoms with van der Waals surface area (Å²) in [5, 5.41) is 10.5. The fraction of sp³-hybridized carbons (Fsp3) is 0.571. The first kappa shape index (κ1) is 13.8. The van der Waals surface area contributed by atoms with E-state index in [9.17, 15) is 14.5 Å². The first-order valence-corrected chi connectivity index (χ1v) is 6.70. The molecule has 0 bridgehead atoms. The molecule has 0 amide bonds. The lowest BCUT2D eigenvalue weighted by Crippen LogP contribution is -2.25. The van der Waals surface area contributed by atoms with E-state index in [-0.39, 0.29) is 6.10 Å². The Kier molecular flexibility index (Phi) is 4.35. The smallest absolute Gasteiger partial charge is 0.305 e. The molecule has 0 heterocycles. The van der Waals surface area contributed by atoms with Crippen LogP contribution < -0.4 is 4.74 Å². The molecular weight excluding hydrogens is 249 g/mol. The molecule has 0 N–H and O–H groups in total. The van der Waals surface area contributed by atoms with Gasteiger partial charge in [0.1, 0.15) is 5.75 Å².